The highest BCUT2D eigenvalue weighted by atomic mass is 35.5. The van der Waals surface area contributed by atoms with Crippen molar-refractivity contribution in [3.05, 3.63) is 59.1 Å². The molecule has 2 N–H and O–H groups in total. The average Bonchev–Trinajstić information content (AvgIpc) is 2.62. The first-order chi connectivity index (χ1) is 12.4. The molecule has 0 saturated carbocycles. The number of halogens is 1. The van der Waals surface area contributed by atoms with Gasteiger partial charge in [-0.05, 0) is 42.8 Å². The zero-order valence-corrected chi connectivity index (χ0v) is 15.9. The third kappa shape index (κ3) is 6.01. The second kappa shape index (κ2) is 9.56. The average molecular weight is 397 g/mol. The Labute approximate surface area is 158 Å². The first-order valence-corrected chi connectivity index (χ1v) is 10.0. The van der Waals surface area contributed by atoms with E-state index in [2.05, 4.69) is 10.0 Å². The maximum atomic E-state index is 12.2. The minimum atomic E-state index is -3.67. The third-order valence-electron chi connectivity index (χ3n) is 3.52. The molecule has 0 radical (unpaired) electrons. The molecule has 8 heteroatoms. The fraction of sp³-hybridized carbons (Fsp3) is 0.278. The van der Waals surface area contributed by atoms with Gasteiger partial charge >= 0.3 is 0 Å². The molecule has 0 fully saturated rings. The summed E-state index contributed by atoms with van der Waals surface area (Å²) < 4.78 is 32.1. The van der Waals surface area contributed by atoms with E-state index in [1.165, 1.54) is 12.1 Å². The first kappa shape index (κ1) is 20.2. The van der Waals surface area contributed by atoms with E-state index in [9.17, 15) is 13.2 Å². The van der Waals surface area contributed by atoms with Crippen molar-refractivity contribution in [2.24, 2.45) is 0 Å². The predicted molar refractivity (Wildman–Crippen MR) is 101 cm³/mol. The lowest BCUT2D eigenvalue weighted by atomic mass is 10.2. The maximum Gasteiger partial charge on any atom is 0.240 e. The first-order valence-electron chi connectivity index (χ1n) is 8.15. The Balaban J connectivity index is 1.80. The van der Waals surface area contributed by atoms with E-state index >= 15 is 0 Å². The van der Waals surface area contributed by atoms with Crippen LogP contribution in [0.2, 0.25) is 5.02 Å². The lowest BCUT2D eigenvalue weighted by Gasteiger charge is -2.09. The van der Waals surface area contributed by atoms with E-state index in [0.717, 1.165) is 5.56 Å². The molecule has 0 atom stereocenters. The van der Waals surface area contributed by atoms with Crippen LogP contribution in [-0.4, -0.2) is 27.5 Å². The van der Waals surface area contributed by atoms with Gasteiger partial charge in [-0.3, -0.25) is 4.79 Å². The van der Waals surface area contributed by atoms with Gasteiger partial charge in [0.1, 0.15) is 5.75 Å². The van der Waals surface area contributed by atoms with Crippen molar-refractivity contribution in [3.63, 3.8) is 0 Å². The van der Waals surface area contributed by atoms with Gasteiger partial charge in [0.05, 0.1) is 11.5 Å². The van der Waals surface area contributed by atoms with E-state index in [1.807, 2.05) is 25.1 Å². The molecule has 2 aromatic carbocycles. The van der Waals surface area contributed by atoms with Gasteiger partial charge in [0.15, 0.2) is 0 Å². The van der Waals surface area contributed by atoms with Crippen LogP contribution in [0.4, 0.5) is 0 Å². The quantitative estimate of drug-likeness (QED) is 0.682. The second-order valence-electron chi connectivity index (χ2n) is 5.42. The molecule has 0 aliphatic rings. The van der Waals surface area contributed by atoms with Crippen LogP contribution in [0.1, 0.15) is 18.9 Å². The Hall–Kier alpha value is -2.09. The Bertz CT molecular complexity index is 839. The molecule has 0 spiro atoms. The molecule has 140 valence electrons. The van der Waals surface area contributed by atoms with E-state index in [1.54, 1.807) is 18.2 Å². The second-order valence-corrected chi connectivity index (χ2v) is 7.59. The third-order valence-corrected chi connectivity index (χ3v) is 5.37. The SMILES string of the molecule is CCOc1ccc(S(=O)(=O)NCCC(=O)NCc2ccccc2Cl)cc1. The van der Waals surface area contributed by atoms with E-state index in [-0.39, 0.29) is 23.8 Å². The number of nitrogens with one attached hydrogen (secondary N) is 2. The normalized spacial score (nSPS) is 11.2. The molecule has 0 bridgehead atoms. The topological polar surface area (TPSA) is 84.5 Å². The van der Waals surface area contributed by atoms with Crippen LogP contribution >= 0.6 is 11.6 Å². The molecule has 0 aliphatic heterocycles. The molecule has 6 nitrogen and oxygen atoms in total. The predicted octanol–water partition coefficient (Wildman–Crippen LogP) is 2.72. The number of sulfonamides is 1. The van der Waals surface area contributed by atoms with Crippen LogP contribution in [0, 0.1) is 0 Å². The molecule has 0 unspecified atom stereocenters. The van der Waals surface area contributed by atoms with Crippen LogP contribution in [0.25, 0.3) is 0 Å². The molecule has 2 aromatic rings. The largest absolute Gasteiger partial charge is 0.494 e. The van der Waals surface area contributed by atoms with Crippen molar-refractivity contribution in [2.45, 2.75) is 24.8 Å². The maximum absolute atomic E-state index is 12.2. The summed E-state index contributed by atoms with van der Waals surface area (Å²) in [7, 11) is -3.67. The molecule has 2 rings (SSSR count). The summed E-state index contributed by atoms with van der Waals surface area (Å²) in [5.74, 6) is 0.338. The van der Waals surface area contributed by atoms with Gasteiger partial charge in [-0.15, -0.1) is 0 Å². The summed E-state index contributed by atoms with van der Waals surface area (Å²) >= 11 is 6.02. The molecule has 0 aliphatic carbocycles. The van der Waals surface area contributed by atoms with Gasteiger partial charge < -0.3 is 10.1 Å². The van der Waals surface area contributed by atoms with Gasteiger partial charge in [0.25, 0.3) is 0 Å². The number of hydrogen-bond acceptors (Lipinski definition) is 4. The zero-order chi connectivity index (χ0) is 19.0. The molecule has 0 aromatic heterocycles. The van der Waals surface area contributed by atoms with Crippen LogP contribution in [0.3, 0.4) is 0 Å². The van der Waals surface area contributed by atoms with E-state index < -0.39 is 10.0 Å². The Morgan fingerprint density at radius 3 is 2.46 bits per heavy atom. The Kier molecular flexibility index (Phi) is 7.44. The van der Waals surface area contributed by atoms with E-state index in [0.29, 0.717) is 23.9 Å². The number of benzene rings is 2. The van der Waals surface area contributed by atoms with Crippen LogP contribution < -0.4 is 14.8 Å². The molecular weight excluding hydrogens is 376 g/mol. The summed E-state index contributed by atoms with van der Waals surface area (Å²) in [6.45, 7) is 2.66. The van der Waals surface area contributed by atoms with Crippen molar-refractivity contribution in [2.75, 3.05) is 13.2 Å². The standard InChI is InChI=1S/C18H21ClN2O4S/c1-2-25-15-7-9-16(10-8-15)26(23,24)21-12-11-18(22)20-13-14-5-3-4-6-17(14)19/h3-10,21H,2,11-13H2,1H3,(H,20,22). The summed E-state index contributed by atoms with van der Waals surface area (Å²) in [5, 5.41) is 3.29. The Morgan fingerprint density at radius 2 is 1.81 bits per heavy atom. The fourth-order valence-electron chi connectivity index (χ4n) is 2.19. The lowest BCUT2D eigenvalue weighted by molar-refractivity contribution is -0.121. The van der Waals surface area contributed by atoms with E-state index in [4.69, 9.17) is 16.3 Å². The smallest absolute Gasteiger partial charge is 0.240 e. The monoisotopic (exact) mass is 396 g/mol. The van der Waals surface area contributed by atoms with Crippen LogP contribution in [0.5, 0.6) is 5.75 Å². The number of carbonyl (C=O) groups is 1. The van der Waals surface area contributed by atoms with Crippen LogP contribution in [-0.2, 0) is 21.4 Å². The van der Waals surface area contributed by atoms with Crippen molar-refractivity contribution in [1.82, 2.24) is 10.0 Å². The number of amides is 1. The molecule has 26 heavy (non-hydrogen) atoms. The molecule has 0 saturated heterocycles. The Morgan fingerprint density at radius 1 is 1.12 bits per heavy atom. The van der Waals surface area contributed by atoms with Gasteiger partial charge in [-0.1, -0.05) is 29.8 Å². The number of hydrogen-bond donors (Lipinski definition) is 2. The molecule has 1 amide bonds. The molecule has 0 heterocycles. The highest BCUT2D eigenvalue weighted by Gasteiger charge is 2.14. The summed E-state index contributed by atoms with van der Waals surface area (Å²) in [6.07, 6.45) is 0.0285. The van der Waals surface area contributed by atoms with Crippen LogP contribution in [0.15, 0.2) is 53.4 Å². The summed E-state index contributed by atoms with van der Waals surface area (Å²) in [5.41, 5.74) is 0.803. The highest BCUT2D eigenvalue weighted by Crippen LogP contribution is 2.16. The highest BCUT2D eigenvalue weighted by molar-refractivity contribution is 7.89. The van der Waals surface area contributed by atoms with Crippen molar-refractivity contribution >= 4 is 27.5 Å². The number of ether oxygens (including phenoxy) is 1. The number of carbonyl (C=O) groups excluding carboxylic acids is 1. The number of rotatable bonds is 9. The zero-order valence-electron chi connectivity index (χ0n) is 14.4. The van der Waals surface area contributed by atoms with Gasteiger partial charge in [0, 0.05) is 24.5 Å². The van der Waals surface area contributed by atoms with Gasteiger partial charge in [-0.2, -0.15) is 0 Å². The summed E-state index contributed by atoms with van der Waals surface area (Å²) in [4.78, 5) is 12.0. The van der Waals surface area contributed by atoms with Crippen molar-refractivity contribution in [3.8, 4) is 5.75 Å². The summed E-state index contributed by atoms with van der Waals surface area (Å²) in [6, 6.07) is 13.3. The molecular formula is C18H21ClN2O4S. The minimum Gasteiger partial charge on any atom is -0.494 e. The van der Waals surface area contributed by atoms with Crippen molar-refractivity contribution < 1.29 is 17.9 Å². The fourth-order valence-corrected chi connectivity index (χ4v) is 3.42. The minimum absolute atomic E-state index is 0.00387. The van der Waals surface area contributed by atoms with Gasteiger partial charge in [-0.25, -0.2) is 13.1 Å². The lowest BCUT2D eigenvalue weighted by Crippen LogP contribution is -2.30. The van der Waals surface area contributed by atoms with Crippen molar-refractivity contribution in [1.29, 1.82) is 0 Å². The van der Waals surface area contributed by atoms with Gasteiger partial charge in [0.2, 0.25) is 15.9 Å².